The summed E-state index contributed by atoms with van der Waals surface area (Å²) in [7, 11) is 0. The molecule has 0 aromatic rings. The van der Waals surface area contributed by atoms with Crippen LogP contribution in [-0.4, -0.2) is 49.8 Å². The van der Waals surface area contributed by atoms with Gasteiger partial charge in [0.05, 0.1) is 13.2 Å². The van der Waals surface area contributed by atoms with E-state index in [1.54, 1.807) is 0 Å². The first kappa shape index (κ1) is 14.3. The highest BCUT2D eigenvalue weighted by Crippen LogP contribution is 2.25. The van der Waals surface area contributed by atoms with Crippen molar-refractivity contribution in [3.05, 3.63) is 0 Å². The molecule has 0 bridgehead atoms. The average molecular weight is 254 g/mol. The first-order valence-corrected chi connectivity index (χ1v) is 7.77. The van der Waals surface area contributed by atoms with Crippen LogP contribution in [0.5, 0.6) is 0 Å². The molecule has 2 aliphatic heterocycles. The third kappa shape index (κ3) is 3.46. The van der Waals surface area contributed by atoms with Gasteiger partial charge in [-0.25, -0.2) is 0 Å². The maximum atomic E-state index is 5.68. The molecule has 2 saturated heterocycles. The Balaban J connectivity index is 1.83. The van der Waals surface area contributed by atoms with E-state index in [9.17, 15) is 0 Å². The van der Waals surface area contributed by atoms with E-state index >= 15 is 0 Å². The van der Waals surface area contributed by atoms with Crippen molar-refractivity contribution in [3.63, 3.8) is 0 Å². The summed E-state index contributed by atoms with van der Waals surface area (Å²) in [6, 6.07) is 1.32. The summed E-state index contributed by atoms with van der Waals surface area (Å²) < 4.78 is 5.68. The van der Waals surface area contributed by atoms with Gasteiger partial charge in [0.15, 0.2) is 0 Å². The van der Waals surface area contributed by atoms with E-state index < -0.39 is 0 Å². The predicted molar refractivity (Wildman–Crippen MR) is 75.8 cm³/mol. The van der Waals surface area contributed by atoms with E-state index in [1.165, 1.54) is 32.4 Å². The first-order valence-electron chi connectivity index (χ1n) is 7.77. The molecule has 4 unspecified atom stereocenters. The van der Waals surface area contributed by atoms with Gasteiger partial charge < -0.3 is 10.1 Å². The maximum absolute atomic E-state index is 5.68. The van der Waals surface area contributed by atoms with Crippen molar-refractivity contribution in [2.24, 2.45) is 11.8 Å². The minimum Gasteiger partial charge on any atom is -0.379 e. The van der Waals surface area contributed by atoms with Gasteiger partial charge in [-0.3, -0.25) is 4.90 Å². The van der Waals surface area contributed by atoms with Crippen molar-refractivity contribution in [2.45, 2.75) is 52.1 Å². The molecule has 2 rings (SSSR count). The van der Waals surface area contributed by atoms with Crippen LogP contribution in [-0.2, 0) is 4.74 Å². The summed E-state index contributed by atoms with van der Waals surface area (Å²) in [5.74, 6) is 1.53. The number of hydrogen-bond donors (Lipinski definition) is 1. The lowest BCUT2D eigenvalue weighted by Gasteiger charge is -2.39. The standard InChI is InChI=1S/C15H30N2O/c1-4-7-16-15-11-18-10-14(15)9-17-8-5-6-12(2)13(17)3/h12-16H,4-11H2,1-3H3. The monoisotopic (exact) mass is 254 g/mol. The summed E-state index contributed by atoms with van der Waals surface area (Å²) in [5, 5.41) is 3.65. The summed E-state index contributed by atoms with van der Waals surface area (Å²) >= 11 is 0. The lowest BCUT2D eigenvalue weighted by Crippen LogP contribution is -2.48. The van der Waals surface area contributed by atoms with Gasteiger partial charge in [-0.15, -0.1) is 0 Å². The molecule has 4 atom stereocenters. The molecule has 2 aliphatic rings. The SMILES string of the molecule is CCCNC1COCC1CN1CCCC(C)C1C. The van der Waals surface area contributed by atoms with Crippen LogP contribution in [0.2, 0.25) is 0 Å². The third-order valence-electron chi connectivity index (χ3n) is 4.83. The second-order valence-corrected chi connectivity index (χ2v) is 6.21. The van der Waals surface area contributed by atoms with Gasteiger partial charge in [0.1, 0.15) is 0 Å². The Morgan fingerprint density at radius 1 is 1.28 bits per heavy atom. The number of likely N-dealkylation sites (tertiary alicyclic amines) is 1. The minimum atomic E-state index is 0.578. The van der Waals surface area contributed by atoms with Crippen LogP contribution in [0, 0.1) is 11.8 Å². The lowest BCUT2D eigenvalue weighted by atomic mass is 9.90. The van der Waals surface area contributed by atoms with Gasteiger partial charge in [-0.05, 0) is 45.2 Å². The Bertz CT molecular complexity index is 247. The molecule has 0 saturated carbocycles. The summed E-state index contributed by atoms with van der Waals surface area (Å²) in [4.78, 5) is 2.69. The van der Waals surface area contributed by atoms with E-state index in [2.05, 4.69) is 31.0 Å². The molecular formula is C15H30N2O. The minimum absolute atomic E-state index is 0.578. The van der Waals surface area contributed by atoms with Crippen LogP contribution in [0.1, 0.15) is 40.0 Å². The van der Waals surface area contributed by atoms with Gasteiger partial charge in [0.25, 0.3) is 0 Å². The van der Waals surface area contributed by atoms with Gasteiger partial charge in [0.2, 0.25) is 0 Å². The van der Waals surface area contributed by atoms with Gasteiger partial charge in [-0.2, -0.15) is 0 Å². The zero-order chi connectivity index (χ0) is 13.0. The second kappa shape index (κ2) is 6.88. The van der Waals surface area contributed by atoms with Crippen LogP contribution in [0.4, 0.5) is 0 Å². The Labute approximate surface area is 112 Å². The Hall–Kier alpha value is -0.120. The molecule has 0 amide bonds. The number of ether oxygens (including phenoxy) is 1. The van der Waals surface area contributed by atoms with Gasteiger partial charge >= 0.3 is 0 Å². The zero-order valence-corrected chi connectivity index (χ0v) is 12.3. The third-order valence-corrected chi connectivity index (χ3v) is 4.83. The van der Waals surface area contributed by atoms with Crippen molar-refractivity contribution in [3.8, 4) is 0 Å². The number of rotatable bonds is 5. The second-order valence-electron chi connectivity index (χ2n) is 6.21. The number of hydrogen-bond acceptors (Lipinski definition) is 3. The molecule has 0 aliphatic carbocycles. The lowest BCUT2D eigenvalue weighted by molar-refractivity contribution is 0.0870. The molecule has 0 aromatic carbocycles. The summed E-state index contributed by atoms with van der Waals surface area (Å²) in [6.45, 7) is 12.5. The highest BCUT2D eigenvalue weighted by molar-refractivity contribution is 4.87. The number of piperidine rings is 1. The normalized spacial score (nSPS) is 38.2. The molecule has 3 heteroatoms. The molecule has 0 spiro atoms. The largest absolute Gasteiger partial charge is 0.379 e. The molecule has 0 radical (unpaired) electrons. The van der Waals surface area contributed by atoms with E-state index in [0.717, 1.165) is 31.7 Å². The van der Waals surface area contributed by atoms with Crippen LogP contribution in [0.3, 0.4) is 0 Å². The molecule has 0 aromatic heterocycles. The molecular weight excluding hydrogens is 224 g/mol. The molecule has 2 heterocycles. The zero-order valence-electron chi connectivity index (χ0n) is 12.3. The van der Waals surface area contributed by atoms with Crippen molar-refractivity contribution < 1.29 is 4.74 Å². The summed E-state index contributed by atoms with van der Waals surface area (Å²) in [5.41, 5.74) is 0. The molecule has 1 N–H and O–H groups in total. The smallest absolute Gasteiger partial charge is 0.0623 e. The van der Waals surface area contributed by atoms with Crippen molar-refractivity contribution in [1.82, 2.24) is 10.2 Å². The maximum Gasteiger partial charge on any atom is 0.0623 e. The molecule has 2 fully saturated rings. The quantitative estimate of drug-likeness (QED) is 0.813. The van der Waals surface area contributed by atoms with E-state index in [0.29, 0.717) is 12.0 Å². The fourth-order valence-corrected chi connectivity index (χ4v) is 3.31. The average Bonchev–Trinajstić information content (AvgIpc) is 2.80. The topological polar surface area (TPSA) is 24.5 Å². The Morgan fingerprint density at radius 2 is 2.11 bits per heavy atom. The van der Waals surface area contributed by atoms with Crippen molar-refractivity contribution in [2.75, 3.05) is 32.8 Å². The number of nitrogens with one attached hydrogen (secondary N) is 1. The highest BCUT2D eigenvalue weighted by Gasteiger charge is 2.32. The fraction of sp³-hybridized carbons (Fsp3) is 1.00. The van der Waals surface area contributed by atoms with Gasteiger partial charge in [0, 0.05) is 24.5 Å². The molecule has 106 valence electrons. The molecule has 18 heavy (non-hydrogen) atoms. The van der Waals surface area contributed by atoms with Crippen LogP contribution in [0.15, 0.2) is 0 Å². The van der Waals surface area contributed by atoms with Crippen molar-refractivity contribution >= 4 is 0 Å². The first-order chi connectivity index (χ1) is 8.72. The van der Waals surface area contributed by atoms with E-state index in [-0.39, 0.29) is 0 Å². The van der Waals surface area contributed by atoms with Crippen molar-refractivity contribution in [1.29, 1.82) is 0 Å². The van der Waals surface area contributed by atoms with Crippen LogP contribution >= 0.6 is 0 Å². The Morgan fingerprint density at radius 3 is 2.89 bits per heavy atom. The summed E-state index contributed by atoms with van der Waals surface area (Å²) in [6.07, 6.45) is 3.98. The van der Waals surface area contributed by atoms with Gasteiger partial charge in [-0.1, -0.05) is 13.8 Å². The molecule has 3 nitrogen and oxygen atoms in total. The predicted octanol–water partition coefficient (Wildman–Crippen LogP) is 2.12. The Kier molecular flexibility index (Phi) is 5.46. The highest BCUT2D eigenvalue weighted by atomic mass is 16.5. The van der Waals surface area contributed by atoms with E-state index in [4.69, 9.17) is 4.74 Å². The fourth-order valence-electron chi connectivity index (χ4n) is 3.31. The van der Waals surface area contributed by atoms with Crippen LogP contribution in [0.25, 0.3) is 0 Å². The number of nitrogens with zero attached hydrogens (tertiary/aromatic N) is 1. The van der Waals surface area contributed by atoms with Crippen LogP contribution < -0.4 is 5.32 Å². The van der Waals surface area contributed by atoms with E-state index in [1.807, 2.05) is 0 Å².